The van der Waals surface area contributed by atoms with E-state index in [0.717, 1.165) is 5.33 Å². The maximum atomic E-state index is 6.27. The van der Waals surface area contributed by atoms with E-state index in [9.17, 15) is 0 Å². The molecule has 1 saturated carbocycles. The van der Waals surface area contributed by atoms with Crippen LogP contribution in [0.5, 0.6) is 0 Å². The average molecular weight is 311 g/mol. The third kappa shape index (κ3) is 3.83. The van der Waals surface area contributed by atoms with Gasteiger partial charge in [-0.3, -0.25) is 0 Å². The zero-order valence-corrected chi connectivity index (χ0v) is 12.9. The Morgan fingerprint density at radius 3 is 2.39 bits per heavy atom. The maximum Gasteiger partial charge on any atom is 0.0925 e. The first kappa shape index (κ1) is 14.1. The zero-order valence-electron chi connectivity index (χ0n) is 11.4. The Hall–Kier alpha value is -0.340. The fraction of sp³-hybridized carbons (Fsp3) is 0.625. The maximum absolute atomic E-state index is 6.27. The van der Waals surface area contributed by atoms with Crippen LogP contribution in [0.3, 0.4) is 0 Å². The van der Waals surface area contributed by atoms with Crippen LogP contribution in [0.2, 0.25) is 0 Å². The van der Waals surface area contributed by atoms with Crippen molar-refractivity contribution in [1.82, 2.24) is 0 Å². The van der Waals surface area contributed by atoms with Gasteiger partial charge in [0.15, 0.2) is 0 Å². The minimum atomic E-state index is 0.192. The number of alkyl halides is 1. The molecule has 0 aromatic heterocycles. The number of halogens is 1. The van der Waals surface area contributed by atoms with Crippen molar-refractivity contribution in [3.63, 3.8) is 0 Å². The van der Waals surface area contributed by atoms with Gasteiger partial charge in [-0.1, -0.05) is 60.1 Å². The van der Waals surface area contributed by atoms with Crippen molar-refractivity contribution in [3.05, 3.63) is 35.9 Å². The average Bonchev–Trinajstić information content (AvgIpc) is 2.39. The van der Waals surface area contributed by atoms with Crippen LogP contribution in [-0.4, -0.2) is 11.4 Å². The minimum Gasteiger partial charge on any atom is -0.369 e. The lowest BCUT2D eigenvalue weighted by Crippen LogP contribution is -2.28. The zero-order chi connectivity index (χ0) is 13.0. The van der Waals surface area contributed by atoms with Gasteiger partial charge in [0, 0.05) is 5.33 Å². The highest BCUT2D eigenvalue weighted by Crippen LogP contribution is 2.37. The Labute approximate surface area is 119 Å². The molecule has 2 rings (SSSR count). The molecule has 0 radical (unpaired) electrons. The second-order valence-electron chi connectivity index (χ2n) is 6.05. The molecule has 0 spiro atoms. The first-order valence-electron chi connectivity index (χ1n) is 6.87. The lowest BCUT2D eigenvalue weighted by Gasteiger charge is -2.35. The highest BCUT2D eigenvalue weighted by molar-refractivity contribution is 9.09. The van der Waals surface area contributed by atoms with Gasteiger partial charge < -0.3 is 4.74 Å². The number of ether oxygens (including phenoxy) is 1. The van der Waals surface area contributed by atoms with Crippen LogP contribution in [-0.2, 0) is 4.74 Å². The smallest absolute Gasteiger partial charge is 0.0925 e. The highest BCUT2D eigenvalue weighted by atomic mass is 79.9. The molecule has 1 unspecified atom stereocenters. The van der Waals surface area contributed by atoms with E-state index in [1.165, 1.54) is 31.2 Å². The summed E-state index contributed by atoms with van der Waals surface area (Å²) in [6.07, 6.45) is 5.58. The summed E-state index contributed by atoms with van der Waals surface area (Å²) >= 11 is 3.58. The Balaban J connectivity index is 1.92. The van der Waals surface area contributed by atoms with Crippen LogP contribution in [0.1, 0.15) is 51.2 Å². The molecule has 1 aliphatic carbocycles. The normalized spacial score (nSPS) is 21.7. The van der Waals surface area contributed by atoms with Crippen LogP contribution < -0.4 is 0 Å². The molecule has 1 aromatic rings. The van der Waals surface area contributed by atoms with E-state index in [4.69, 9.17) is 4.74 Å². The lowest BCUT2D eigenvalue weighted by molar-refractivity contribution is -0.0364. The summed E-state index contributed by atoms with van der Waals surface area (Å²) in [7, 11) is 0. The van der Waals surface area contributed by atoms with Crippen LogP contribution in [0.25, 0.3) is 0 Å². The number of hydrogen-bond acceptors (Lipinski definition) is 1. The minimum absolute atomic E-state index is 0.192. The predicted molar refractivity (Wildman–Crippen MR) is 80.1 cm³/mol. The summed E-state index contributed by atoms with van der Waals surface area (Å²) in [4.78, 5) is 0. The van der Waals surface area contributed by atoms with Crippen LogP contribution in [0, 0.1) is 5.41 Å². The summed E-state index contributed by atoms with van der Waals surface area (Å²) in [5.74, 6) is 0. The fourth-order valence-electron chi connectivity index (χ4n) is 2.61. The Kier molecular flexibility index (Phi) is 4.85. The van der Waals surface area contributed by atoms with Crippen LogP contribution >= 0.6 is 15.9 Å². The van der Waals surface area contributed by atoms with Crippen LogP contribution in [0.15, 0.2) is 30.3 Å². The van der Waals surface area contributed by atoms with Crippen molar-refractivity contribution >= 4 is 15.9 Å². The van der Waals surface area contributed by atoms with Gasteiger partial charge in [0.05, 0.1) is 12.2 Å². The van der Waals surface area contributed by atoms with E-state index in [-0.39, 0.29) is 6.10 Å². The van der Waals surface area contributed by atoms with Gasteiger partial charge in [-0.2, -0.15) is 0 Å². The molecule has 1 aliphatic rings. The van der Waals surface area contributed by atoms with E-state index in [0.29, 0.717) is 11.5 Å². The number of hydrogen-bond donors (Lipinski definition) is 0. The standard InChI is InChI=1S/C16H23BrO/c1-16(2)10-8-14(9-11-16)18-15(12-17)13-6-4-3-5-7-13/h3-7,14-15H,8-12H2,1-2H3. The molecule has 0 amide bonds. The molecule has 1 aromatic carbocycles. The molecule has 0 bridgehead atoms. The molecule has 18 heavy (non-hydrogen) atoms. The molecule has 0 aliphatic heterocycles. The van der Waals surface area contributed by atoms with Gasteiger partial charge in [-0.15, -0.1) is 0 Å². The highest BCUT2D eigenvalue weighted by Gasteiger charge is 2.28. The van der Waals surface area contributed by atoms with Gasteiger partial charge in [0.1, 0.15) is 0 Å². The van der Waals surface area contributed by atoms with Crippen molar-refractivity contribution in [3.8, 4) is 0 Å². The van der Waals surface area contributed by atoms with E-state index >= 15 is 0 Å². The van der Waals surface area contributed by atoms with Gasteiger partial charge >= 0.3 is 0 Å². The van der Waals surface area contributed by atoms with Gasteiger partial charge in [0.2, 0.25) is 0 Å². The molecule has 100 valence electrons. The summed E-state index contributed by atoms with van der Waals surface area (Å²) in [6.45, 7) is 4.73. The first-order valence-corrected chi connectivity index (χ1v) is 7.99. The molecule has 0 saturated heterocycles. The second-order valence-corrected chi connectivity index (χ2v) is 6.70. The molecular weight excluding hydrogens is 288 g/mol. The van der Waals surface area contributed by atoms with Crippen molar-refractivity contribution < 1.29 is 4.74 Å². The number of benzene rings is 1. The number of rotatable bonds is 4. The third-order valence-electron chi connectivity index (χ3n) is 3.95. The molecule has 2 heteroatoms. The lowest BCUT2D eigenvalue weighted by atomic mass is 9.76. The molecule has 0 N–H and O–H groups in total. The topological polar surface area (TPSA) is 9.23 Å². The Morgan fingerprint density at radius 1 is 1.22 bits per heavy atom. The van der Waals surface area contributed by atoms with E-state index < -0.39 is 0 Å². The van der Waals surface area contributed by atoms with Crippen LogP contribution in [0.4, 0.5) is 0 Å². The van der Waals surface area contributed by atoms with Crippen molar-refractivity contribution in [2.45, 2.75) is 51.7 Å². The molecular formula is C16H23BrO. The molecule has 1 nitrogen and oxygen atoms in total. The fourth-order valence-corrected chi connectivity index (χ4v) is 3.14. The second kappa shape index (κ2) is 6.21. The van der Waals surface area contributed by atoms with Crippen molar-refractivity contribution in [2.24, 2.45) is 5.41 Å². The van der Waals surface area contributed by atoms with Gasteiger partial charge in [-0.05, 0) is 36.7 Å². The third-order valence-corrected chi connectivity index (χ3v) is 4.54. The molecule has 1 fully saturated rings. The van der Waals surface area contributed by atoms with Gasteiger partial charge in [-0.25, -0.2) is 0 Å². The summed E-state index contributed by atoms with van der Waals surface area (Å²) in [6, 6.07) is 10.5. The van der Waals surface area contributed by atoms with Crippen molar-refractivity contribution in [2.75, 3.05) is 5.33 Å². The quantitative estimate of drug-likeness (QED) is 0.702. The first-order chi connectivity index (χ1) is 8.61. The van der Waals surface area contributed by atoms with E-state index in [1.807, 2.05) is 0 Å². The van der Waals surface area contributed by atoms with E-state index in [2.05, 4.69) is 60.1 Å². The monoisotopic (exact) mass is 310 g/mol. The Morgan fingerprint density at radius 2 is 1.83 bits per heavy atom. The SMILES string of the molecule is CC1(C)CCC(OC(CBr)c2ccccc2)CC1. The van der Waals surface area contributed by atoms with Crippen molar-refractivity contribution in [1.29, 1.82) is 0 Å². The largest absolute Gasteiger partial charge is 0.369 e. The molecule has 1 atom stereocenters. The summed E-state index contributed by atoms with van der Waals surface area (Å²) in [5.41, 5.74) is 1.79. The van der Waals surface area contributed by atoms with Gasteiger partial charge in [0.25, 0.3) is 0 Å². The summed E-state index contributed by atoms with van der Waals surface area (Å²) < 4.78 is 6.27. The Bertz CT molecular complexity index is 351. The van der Waals surface area contributed by atoms with E-state index in [1.54, 1.807) is 0 Å². The molecule has 0 heterocycles. The predicted octanol–water partition coefficient (Wildman–Crippen LogP) is 5.11. The summed E-state index contributed by atoms with van der Waals surface area (Å²) in [5, 5.41) is 0.872.